The number of imidazole rings is 1. The third-order valence-electron chi connectivity index (χ3n) is 3.99. The van der Waals surface area contributed by atoms with Gasteiger partial charge in [0.05, 0.1) is 28.7 Å². The van der Waals surface area contributed by atoms with Gasteiger partial charge < -0.3 is 9.30 Å². The summed E-state index contributed by atoms with van der Waals surface area (Å²) >= 11 is 0. The van der Waals surface area contributed by atoms with Crippen LogP contribution in [-0.4, -0.2) is 25.1 Å². The van der Waals surface area contributed by atoms with Crippen LogP contribution in [0, 0.1) is 13.8 Å². The van der Waals surface area contributed by atoms with Crippen LogP contribution in [0.3, 0.4) is 0 Å². The van der Waals surface area contributed by atoms with E-state index in [9.17, 15) is 8.42 Å². The van der Waals surface area contributed by atoms with E-state index >= 15 is 0 Å². The Morgan fingerprint density at radius 1 is 1.12 bits per heavy atom. The molecule has 3 rings (SSSR count). The van der Waals surface area contributed by atoms with Gasteiger partial charge in [0.2, 0.25) is 0 Å². The number of fused-ring (bicyclic) bond motifs is 1. The first-order valence-corrected chi connectivity index (χ1v) is 8.90. The largest absolute Gasteiger partial charge is 0.495 e. The Morgan fingerprint density at radius 2 is 1.88 bits per heavy atom. The highest BCUT2D eigenvalue weighted by atomic mass is 32.2. The van der Waals surface area contributed by atoms with Crippen LogP contribution in [0.5, 0.6) is 5.75 Å². The van der Waals surface area contributed by atoms with Gasteiger partial charge >= 0.3 is 0 Å². The number of ether oxygens (including phenoxy) is 1. The number of hydrogen-bond donors (Lipinski definition) is 1. The summed E-state index contributed by atoms with van der Waals surface area (Å²) in [5, 5.41) is 0. The zero-order valence-corrected chi connectivity index (χ0v) is 14.8. The SMILES string of the molecule is COc1ccc(C)cc1NS(=O)(=O)c1ccc2c(c1)nc(C)n2C. The van der Waals surface area contributed by atoms with Crippen molar-refractivity contribution in [2.75, 3.05) is 11.8 Å². The molecule has 0 fully saturated rings. The number of sulfonamides is 1. The quantitative estimate of drug-likeness (QED) is 0.789. The minimum Gasteiger partial charge on any atom is -0.495 e. The standard InChI is InChI=1S/C17H19N3O3S/c1-11-5-8-17(23-4)15(9-11)19-24(21,22)13-6-7-16-14(10-13)18-12(2)20(16)3/h5-10,19H,1-4H3. The van der Waals surface area contributed by atoms with E-state index in [1.807, 2.05) is 31.5 Å². The molecule has 0 aliphatic carbocycles. The van der Waals surface area contributed by atoms with E-state index in [1.165, 1.54) is 7.11 Å². The maximum atomic E-state index is 12.7. The summed E-state index contributed by atoms with van der Waals surface area (Å²) in [7, 11) is -0.334. The molecule has 24 heavy (non-hydrogen) atoms. The Kier molecular flexibility index (Phi) is 3.96. The van der Waals surface area contributed by atoms with Crippen molar-refractivity contribution in [3.8, 4) is 5.75 Å². The highest BCUT2D eigenvalue weighted by Crippen LogP contribution is 2.28. The van der Waals surface area contributed by atoms with Gasteiger partial charge in [-0.3, -0.25) is 4.72 Å². The van der Waals surface area contributed by atoms with Gasteiger partial charge in [-0.25, -0.2) is 13.4 Å². The lowest BCUT2D eigenvalue weighted by molar-refractivity contribution is 0.417. The summed E-state index contributed by atoms with van der Waals surface area (Å²) < 4.78 is 35.2. The van der Waals surface area contributed by atoms with Crippen molar-refractivity contribution in [2.24, 2.45) is 7.05 Å². The third-order valence-corrected chi connectivity index (χ3v) is 5.35. The first-order valence-electron chi connectivity index (χ1n) is 7.42. The van der Waals surface area contributed by atoms with Gasteiger partial charge in [-0.1, -0.05) is 6.07 Å². The van der Waals surface area contributed by atoms with E-state index < -0.39 is 10.0 Å². The fourth-order valence-corrected chi connectivity index (χ4v) is 3.65. The number of hydrogen-bond acceptors (Lipinski definition) is 4. The number of aromatic nitrogens is 2. The van der Waals surface area contributed by atoms with Gasteiger partial charge in [-0.2, -0.15) is 0 Å². The molecule has 0 bridgehead atoms. The summed E-state index contributed by atoms with van der Waals surface area (Å²) in [5.41, 5.74) is 2.88. The second kappa shape index (κ2) is 5.83. The van der Waals surface area contributed by atoms with Gasteiger partial charge in [0.25, 0.3) is 10.0 Å². The van der Waals surface area contributed by atoms with E-state index in [2.05, 4.69) is 9.71 Å². The Bertz CT molecular complexity index is 1020. The van der Waals surface area contributed by atoms with E-state index in [0.717, 1.165) is 16.9 Å². The van der Waals surface area contributed by atoms with Crippen LogP contribution in [-0.2, 0) is 17.1 Å². The van der Waals surface area contributed by atoms with Crippen molar-refractivity contribution in [1.82, 2.24) is 9.55 Å². The average Bonchev–Trinajstić information content (AvgIpc) is 2.81. The second-order valence-electron chi connectivity index (χ2n) is 5.68. The summed E-state index contributed by atoms with van der Waals surface area (Å²) in [5.74, 6) is 1.30. The first kappa shape index (κ1) is 16.3. The molecule has 0 amide bonds. The molecule has 0 atom stereocenters. The van der Waals surface area contributed by atoms with E-state index in [-0.39, 0.29) is 4.90 Å². The van der Waals surface area contributed by atoms with Crippen LogP contribution in [0.2, 0.25) is 0 Å². The molecule has 7 heteroatoms. The minimum atomic E-state index is -3.74. The maximum absolute atomic E-state index is 12.7. The first-order chi connectivity index (χ1) is 11.3. The molecule has 1 heterocycles. The molecule has 3 aromatic rings. The molecular formula is C17H19N3O3S. The van der Waals surface area contributed by atoms with E-state index in [4.69, 9.17) is 4.74 Å². The van der Waals surface area contributed by atoms with Crippen molar-refractivity contribution in [1.29, 1.82) is 0 Å². The normalized spacial score (nSPS) is 11.7. The predicted molar refractivity (Wildman–Crippen MR) is 94.0 cm³/mol. The summed E-state index contributed by atoms with van der Waals surface area (Å²) in [6, 6.07) is 10.2. The molecule has 1 N–H and O–H groups in total. The molecule has 0 saturated carbocycles. The molecule has 0 saturated heterocycles. The minimum absolute atomic E-state index is 0.164. The van der Waals surface area contributed by atoms with Crippen molar-refractivity contribution < 1.29 is 13.2 Å². The lowest BCUT2D eigenvalue weighted by atomic mass is 10.2. The molecule has 0 radical (unpaired) electrons. The molecule has 6 nitrogen and oxygen atoms in total. The second-order valence-corrected chi connectivity index (χ2v) is 7.36. The smallest absolute Gasteiger partial charge is 0.262 e. The zero-order valence-electron chi connectivity index (χ0n) is 14.0. The summed E-state index contributed by atoms with van der Waals surface area (Å²) in [6.45, 7) is 3.77. The summed E-state index contributed by atoms with van der Waals surface area (Å²) in [4.78, 5) is 4.55. The highest BCUT2D eigenvalue weighted by Gasteiger charge is 2.18. The van der Waals surface area contributed by atoms with Crippen LogP contribution in [0.15, 0.2) is 41.3 Å². The molecule has 2 aromatic carbocycles. The fourth-order valence-electron chi connectivity index (χ4n) is 2.57. The molecule has 1 aromatic heterocycles. The van der Waals surface area contributed by atoms with Gasteiger partial charge in [0.1, 0.15) is 11.6 Å². The van der Waals surface area contributed by atoms with Crippen molar-refractivity contribution in [3.05, 3.63) is 47.8 Å². The number of aryl methyl sites for hydroxylation is 3. The maximum Gasteiger partial charge on any atom is 0.262 e. The highest BCUT2D eigenvalue weighted by molar-refractivity contribution is 7.92. The lowest BCUT2D eigenvalue weighted by Crippen LogP contribution is -2.13. The number of benzene rings is 2. The van der Waals surface area contributed by atoms with Crippen molar-refractivity contribution in [3.63, 3.8) is 0 Å². The molecular weight excluding hydrogens is 326 g/mol. The van der Waals surface area contributed by atoms with Gasteiger partial charge in [-0.15, -0.1) is 0 Å². The van der Waals surface area contributed by atoms with E-state index in [1.54, 1.807) is 30.3 Å². The van der Waals surface area contributed by atoms with Crippen molar-refractivity contribution in [2.45, 2.75) is 18.7 Å². The van der Waals surface area contributed by atoms with Crippen LogP contribution in [0.25, 0.3) is 11.0 Å². The lowest BCUT2D eigenvalue weighted by Gasteiger charge is -2.12. The van der Waals surface area contributed by atoms with E-state index in [0.29, 0.717) is 17.0 Å². The topological polar surface area (TPSA) is 73.2 Å². The Balaban J connectivity index is 2.03. The zero-order chi connectivity index (χ0) is 17.5. The monoisotopic (exact) mass is 345 g/mol. The number of rotatable bonds is 4. The van der Waals surface area contributed by atoms with Gasteiger partial charge in [0.15, 0.2) is 0 Å². The van der Waals surface area contributed by atoms with Crippen molar-refractivity contribution >= 4 is 26.7 Å². The number of nitrogens with one attached hydrogen (secondary N) is 1. The number of nitrogens with zero attached hydrogens (tertiary/aromatic N) is 2. The summed E-state index contributed by atoms with van der Waals surface area (Å²) in [6.07, 6.45) is 0. The number of anilines is 1. The molecule has 0 aliphatic rings. The molecule has 126 valence electrons. The van der Waals surface area contributed by atoms with Crippen LogP contribution >= 0.6 is 0 Å². The molecule has 0 spiro atoms. The van der Waals surface area contributed by atoms with Crippen LogP contribution in [0.4, 0.5) is 5.69 Å². The average molecular weight is 345 g/mol. The Labute approximate surface area is 141 Å². The number of methoxy groups -OCH3 is 1. The molecule has 0 unspecified atom stereocenters. The Morgan fingerprint density at radius 3 is 2.58 bits per heavy atom. The van der Waals surface area contributed by atoms with Crippen LogP contribution < -0.4 is 9.46 Å². The third kappa shape index (κ3) is 2.82. The van der Waals surface area contributed by atoms with Gasteiger partial charge in [0, 0.05) is 7.05 Å². The predicted octanol–water partition coefficient (Wildman–Crippen LogP) is 3.00. The molecule has 0 aliphatic heterocycles. The van der Waals surface area contributed by atoms with Crippen LogP contribution in [0.1, 0.15) is 11.4 Å². The fraction of sp³-hybridized carbons (Fsp3) is 0.235. The Hall–Kier alpha value is -2.54. The van der Waals surface area contributed by atoms with Gasteiger partial charge in [-0.05, 0) is 49.7 Å².